The lowest BCUT2D eigenvalue weighted by Crippen LogP contribution is -2.21. The Labute approximate surface area is 101 Å². The minimum atomic E-state index is 0.546. The zero-order valence-corrected chi connectivity index (χ0v) is 11.5. The molecule has 0 heterocycles. The van der Waals surface area contributed by atoms with E-state index in [0.717, 1.165) is 36.1 Å². The van der Waals surface area contributed by atoms with Gasteiger partial charge in [0.1, 0.15) is 0 Å². The molecule has 2 aliphatic rings. The van der Waals surface area contributed by atoms with Crippen LogP contribution in [-0.4, -0.2) is 6.54 Å². The minimum absolute atomic E-state index is 0.546. The van der Waals surface area contributed by atoms with Crippen LogP contribution in [0, 0.1) is 35.0 Å². The lowest BCUT2D eigenvalue weighted by molar-refractivity contribution is 0.195. The van der Waals surface area contributed by atoms with Gasteiger partial charge in [-0.3, -0.25) is 0 Å². The summed E-state index contributed by atoms with van der Waals surface area (Å²) < 4.78 is 0. The molecule has 0 radical (unpaired) electrons. The predicted molar refractivity (Wildman–Crippen MR) is 70.1 cm³/mol. The van der Waals surface area contributed by atoms with Gasteiger partial charge in [-0.25, -0.2) is 0 Å². The van der Waals surface area contributed by atoms with Crippen LogP contribution in [0.5, 0.6) is 0 Å². The van der Waals surface area contributed by atoms with Crippen LogP contribution in [0.1, 0.15) is 53.4 Å². The van der Waals surface area contributed by atoms with Crippen molar-refractivity contribution in [2.24, 2.45) is 40.7 Å². The molecule has 0 aromatic carbocycles. The van der Waals surface area contributed by atoms with Gasteiger partial charge in [-0.05, 0) is 67.2 Å². The van der Waals surface area contributed by atoms with E-state index in [-0.39, 0.29) is 0 Å². The summed E-state index contributed by atoms with van der Waals surface area (Å²) in [6, 6.07) is 0. The SMILES string of the molecule is CC(C)C1CCC(C2C(CN)C2(C)C)CC1. The van der Waals surface area contributed by atoms with E-state index in [2.05, 4.69) is 27.7 Å². The van der Waals surface area contributed by atoms with E-state index >= 15 is 0 Å². The molecule has 16 heavy (non-hydrogen) atoms. The number of rotatable bonds is 3. The molecule has 94 valence electrons. The molecule has 2 rings (SSSR count). The fraction of sp³-hybridized carbons (Fsp3) is 1.00. The van der Waals surface area contributed by atoms with E-state index in [9.17, 15) is 0 Å². The van der Waals surface area contributed by atoms with Crippen LogP contribution in [0.2, 0.25) is 0 Å². The van der Waals surface area contributed by atoms with E-state index in [1.54, 1.807) is 0 Å². The molecule has 0 spiro atoms. The van der Waals surface area contributed by atoms with E-state index in [0.29, 0.717) is 5.41 Å². The van der Waals surface area contributed by atoms with Crippen molar-refractivity contribution >= 4 is 0 Å². The van der Waals surface area contributed by atoms with Crippen LogP contribution < -0.4 is 5.73 Å². The van der Waals surface area contributed by atoms with Crippen molar-refractivity contribution in [2.45, 2.75) is 53.4 Å². The van der Waals surface area contributed by atoms with E-state index in [1.165, 1.54) is 25.7 Å². The van der Waals surface area contributed by atoms with E-state index in [1.807, 2.05) is 0 Å². The first-order chi connectivity index (χ1) is 7.48. The number of hydrogen-bond acceptors (Lipinski definition) is 1. The van der Waals surface area contributed by atoms with Crippen molar-refractivity contribution in [3.8, 4) is 0 Å². The summed E-state index contributed by atoms with van der Waals surface area (Å²) in [5, 5.41) is 0. The molecule has 2 aliphatic carbocycles. The molecule has 2 unspecified atom stereocenters. The molecule has 0 saturated heterocycles. The lowest BCUT2D eigenvalue weighted by Gasteiger charge is -2.31. The van der Waals surface area contributed by atoms with Crippen molar-refractivity contribution in [1.82, 2.24) is 0 Å². The van der Waals surface area contributed by atoms with Crippen LogP contribution in [-0.2, 0) is 0 Å². The molecule has 2 saturated carbocycles. The molecule has 0 bridgehead atoms. The molecule has 1 heteroatoms. The maximum atomic E-state index is 5.88. The van der Waals surface area contributed by atoms with Crippen molar-refractivity contribution in [1.29, 1.82) is 0 Å². The van der Waals surface area contributed by atoms with Gasteiger partial charge in [-0.1, -0.05) is 27.7 Å². The Morgan fingerprint density at radius 3 is 2.06 bits per heavy atom. The first kappa shape index (κ1) is 12.4. The first-order valence-corrected chi connectivity index (χ1v) is 7.18. The predicted octanol–water partition coefficient (Wildman–Crippen LogP) is 3.68. The Morgan fingerprint density at radius 1 is 1.12 bits per heavy atom. The average Bonchev–Trinajstić information content (AvgIpc) is 2.80. The van der Waals surface area contributed by atoms with Crippen LogP contribution in [0.3, 0.4) is 0 Å². The Morgan fingerprint density at radius 2 is 1.69 bits per heavy atom. The topological polar surface area (TPSA) is 26.0 Å². The van der Waals surface area contributed by atoms with Crippen molar-refractivity contribution < 1.29 is 0 Å². The van der Waals surface area contributed by atoms with Gasteiger partial charge in [0.15, 0.2) is 0 Å². The fourth-order valence-electron chi connectivity index (χ4n) is 4.34. The van der Waals surface area contributed by atoms with Gasteiger partial charge in [-0.15, -0.1) is 0 Å². The second-order valence-electron chi connectivity index (χ2n) is 7.11. The average molecular weight is 223 g/mol. The third kappa shape index (κ3) is 2.03. The Bertz CT molecular complexity index is 236. The van der Waals surface area contributed by atoms with Gasteiger partial charge in [0.25, 0.3) is 0 Å². The molecular weight excluding hydrogens is 194 g/mol. The molecule has 2 fully saturated rings. The largest absolute Gasteiger partial charge is 0.330 e. The van der Waals surface area contributed by atoms with Gasteiger partial charge in [-0.2, -0.15) is 0 Å². The summed E-state index contributed by atoms with van der Waals surface area (Å²) in [7, 11) is 0. The zero-order valence-electron chi connectivity index (χ0n) is 11.5. The van der Waals surface area contributed by atoms with Gasteiger partial charge in [0.05, 0.1) is 0 Å². The maximum absolute atomic E-state index is 5.88. The van der Waals surface area contributed by atoms with Crippen molar-refractivity contribution in [2.75, 3.05) is 6.54 Å². The van der Waals surface area contributed by atoms with Crippen molar-refractivity contribution in [3.05, 3.63) is 0 Å². The first-order valence-electron chi connectivity index (χ1n) is 7.18. The van der Waals surface area contributed by atoms with Crippen molar-refractivity contribution in [3.63, 3.8) is 0 Å². The molecule has 0 aromatic rings. The minimum Gasteiger partial charge on any atom is -0.330 e. The highest BCUT2D eigenvalue weighted by Crippen LogP contribution is 2.63. The monoisotopic (exact) mass is 223 g/mol. The summed E-state index contributed by atoms with van der Waals surface area (Å²) >= 11 is 0. The maximum Gasteiger partial charge on any atom is -0.00407 e. The van der Waals surface area contributed by atoms with Gasteiger partial charge >= 0.3 is 0 Å². The van der Waals surface area contributed by atoms with E-state index < -0.39 is 0 Å². The summed E-state index contributed by atoms with van der Waals surface area (Å²) in [5.74, 6) is 4.62. The summed E-state index contributed by atoms with van der Waals surface area (Å²) in [4.78, 5) is 0. The van der Waals surface area contributed by atoms with Crippen LogP contribution in [0.4, 0.5) is 0 Å². The van der Waals surface area contributed by atoms with Gasteiger partial charge in [0, 0.05) is 0 Å². The Hall–Kier alpha value is -0.0400. The molecule has 0 aromatic heterocycles. The van der Waals surface area contributed by atoms with Crippen LogP contribution >= 0.6 is 0 Å². The standard InChI is InChI=1S/C15H29N/c1-10(2)11-5-7-12(8-6-11)14-13(9-16)15(14,3)4/h10-14H,5-9,16H2,1-4H3. The van der Waals surface area contributed by atoms with Gasteiger partial charge in [0.2, 0.25) is 0 Å². The smallest absolute Gasteiger partial charge is 0.00407 e. The molecule has 1 nitrogen and oxygen atoms in total. The second kappa shape index (κ2) is 4.33. The number of hydrogen-bond donors (Lipinski definition) is 1. The Balaban J connectivity index is 1.87. The molecule has 2 N–H and O–H groups in total. The highest BCUT2D eigenvalue weighted by Gasteiger charge is 2.59. The molecule has 0 aliphatic heterocycles. The highest BCUT2D eigenvalue weighted by molar-refractivity contribution is 5.08. The third-order valence-corrected chi connectivity index (χ3v) is 5.66. The van der Waals surface area contributed by atoms with Crippen LogP contribution in [0.25, 0.3) is 0 Å². The molecular formula is C15H29N. The lowest BCUT2D eigenvalue weighted by atomic mass is 9.74. The summed E-state index contributed by atoms with van der Waals surface area (Å²) in [6.07, 6.45) is 5.86. The number of nitrogens with two attached hydrogens (primary N) is 1. The fourth-order valence-corrected chi connectivity index (χ4v) is 4.34. The van der Waals surface area contributed by atoms with E-state index in [4.69, 9.17) is 5.73 Å². The van der Waals surface area contributed by atoms with Gasteiger partial charge < -0.3 is 5.73 Å². The summed E-state index contributed by atoms with van der Waals surface area (Å²) in [6.45, 7) is 10.5. The molecule has 2 atom stereocenters. The quantitative estimate of drug-likeness (QED) is 0.776. The third-order valence-electron chi connectivity index (χ3n) is 5.66. The molecule has 0 amide bonds. The highest BCUT2D eigenvalue weighted by atomic mass is 14.7. The summed E-state index contributed by atoms with van der Waals surface area (Å²) in [5.41, 5.74) is 6.43. The normalized spacial score (nSPS) is 42.4. The zero-order chi connectivity index (χ0) is 11.9. The second-order valence-corrected chi connectivity index (χ2v) is 7.11. The van der Waals surface area contributed by atoms with Crippen LogP contribution in [0.15, 0.2) is 0 Å². The Kier molecular flexibility index (Phi) is 3.36.